The lowest BCUT2D eigenvalue weighted by Gasteiger charge is -2.33. The van der Waals surface area contributed by atoms with Gasteiger partial charge in [-0.05, 0) is 55.5 Å². The number of hydrogen-bond donors (Lipinski definition) is 3. The fraction of sp³-hybridized carbons (Fsp3) is 0.476. The zero-order chi connectivity index (χ0) is 21.4. The first-order valence-electron chi connectivity index (χ1n) is 10.3. The van der Waals surface area contributed by atoms with Crippen molar-refractivity contribution >= 4 is 56.3 Å². The third-order valence-electron chi connectivity index (χ3n) is 5.08. The summed E-state index contributed by atoms with van der Waals surface area (Å²) >= 11 is 1.79. The van der Waals surface area contributed by atoms with E-state index in [0.717, 1.165) is 49.6 Å². The quantitative estimate of drug-likeness (QED) is 0.255. The highest BCUT2D eigenvalue weighted by molar-refractivity contribution is 14.0. The first-order chi connectivity index (χ1) is 14.5. The van der Waals surface area contributed by atoms with Gasteiger partial charge in [0.1, 0.15) is 0 Å². The minimum absolute atomic E-state index is 0. The summed E-state index contributed by atoms with van der Waals surface area (Å²) in [5, 5.41) is 10.4. The summed E-state index contributed by atoms with van der Waals surface area (Å²) in [6.45, 7) is 5.43. The number of aliphatic imine (C=N–C) groups is 1. The van der Waals surface area contributed by atoms with E-state index in [1.165, 1.54) is 12.0 Å². The van der Waals surface area contributed by atoms with E-state index in [0.29, 0.717) is 12.6 Å². The third kappa shape index (κ3) is 8.24. The van der Waals surface area contributed by atoms with Crippen molar-refractivity contribution in [1.29, 1.82) is 0 Å². The van der Waals surface area contributed by atoms with Crippen molar-refractivity contribution in [3.8, 4) is 0 Å². The molecule has 0 spiro atoms. The normalized spacial score (nSPS) is 15.4. The van der Waals surface area contributed by atoms with Crippen LogP contribution in [0, 0.1) is 0 Å². The van der Waals surface area contributed by atoms with Crippen LogP contribution >= 0.6 is 35.3 Å². The molecule has 7 nitrogen and oxygen atoms in total. The molecule has 0 unspecified atom stereocenters. The minimum atomic E-state index is -3.28. The number of rotatable bonds is 8. The van der Waals surface area contributed by atoms with Crippen molar-refractivity contribution in [1.82, 2.24) is 15.4 Å². The molecule has 0 bridgehead atoms. The Morgan fingerprint density at radius 3 is 2.58 bits per heavy atom. The van der Waals surface area contributed by atoms with Crippen LogP contribution in [0.3, 0.4) is 0 Å². The maximum Gasteiger partial charge on any atom is 0.215 e. The number of piperidine rings is 1. The van der Waals surface area contributed by atoms with Gasteiger partial charge in [-0.15, -0.1) is 35.3 Å². The Bertz CT molecular complexity index is 927. The summed E-state index contributed by atoms with van der Waals surface area (Å²) in [5.41, 5.74) is 1.75. The van der Waals surface area contributed by atoms with Gasteiger partial charge in [0, 0.05) is 25.7 Å². The van der Waals surface area contributed by atoms with Crippen LogP contribution in [-0.4, -0.2) is 47.1 Å². The van der Waals surface area contributed by atoms with Crippen molar-refractivity contribution in [3.05, 3.63) is 52.9 Å². The number of sulfonamides is 1. The first kappa shape index (κ1) is 25.9. The van der Waals surface area contributed by atoms with Crippen LogP contribution in [-0.2, 0) is 22.3 Å². The van der Waals surface area contributed by atoms with Crippen molar-refractivity contribution < 1.29 is 8.42 Å². The van der Waals surface area contributed by atoms with Gasteiger partial charge in [0.15, 0.2) is 5.96 Å². The van der Waals surface area contributed by atoms with Gasteiger partial charge in [0.2, 0.25) is 10.0 Å². The topological polar surface area (TPSA) is 85.8 Å². The summed E-state index contributed by atoms with van der Waals surface area (Å²) in [5.74, 6) is 0.780. The molecule has 1 aliphatic heterocycles. The Hall–Kier alpha value is -1.37. The number of hydrogen-bond acceptors (Lipinski definition) is 5. The Morgan fingerprint density at radius 1 is 1.19 bits per heavy atom. The number of nitrogens with zero attached hydrogens (tertiary/aromatic N) is 2. The molecule has 172 valence electrons. The predicted molar refractivity (Wildman–Crippen MR) is 141 cm³/mol. The zero-order valence-electron chi connectivity index (χ0n) is 18.0. The number of guanidine groups is 1. The molecule has 3 rings (SSSR count). The number of benzene rings is 1. The molecule has 31 heavy (non-hydrogen) atoms. The van der Waals surface area contributed by atoms with Crippen LogP contribution < -0.4 is 20.3 Å². The monoisotopic (exact) mass is 577 g/mol. The highest BCUT2D eigenvalue weighted by atomic mass is 127. The Kier molecular flexibility index (Phi) is 10.5. The second kappa shape index (κ2) is 12.6. The smallest absolute Gasteiger partial charge is 0.215 e. The van der Waals surface area contributed by atoms with Gasteiger partial charge in [-0.25, -0.2) is 18.1 Å². The van der Waals surface area contributed by atoms with Gasteiger partial charge in [0.25, 0.3) is 0 Å². The van der Waals surface area contributed by atoms with Gasteiger partial charge in [-0.1, -0.05) is 24.3 Å². The van der Waals surface area contributed by atoms with Crippen molar-refractivity contribution in [2.24, 2.45) is 4.99 Å². The Morgan fingerprint density at radius 2 is 1.94 bits per heavy atom. The number of thiophene rings is 1. The molecule has 1 saturated heterocycles. The number of nitrogens with one attached hydrogen (secondary N) is 3. The summed E-state index contributed by atoms with van der Waals surface area (Å²) < 4.78 is 25.9. The fourth-order valence-electron chi connectivity index (χ4n) is 3.49. The molecule has 0 radical (unpaired) electrons. The molecule has 0 atom stereocenters. The Labute approximate surface area is 206 Å². The Balaban J connectivity index is 0.00000341. The average molecular weight is 578 g/mol. The van der Waals surface area contributed by atoms with E-state index in [1.54, 1.807) is 11.3 Å². The standard InChI is InChI=1S/C21H31N5O2S2.HI/c1-3-23-21(25-19-9-11-26(12-10-19)20-8-5-13-29-20)24-15-17-6-4-7-18(14-17)16-30(27,28)22-2;/h4-8,13-14,19,22H,3,9-12,15-16H2,1-2H3,(H2,23,24,25);1H. The minimum Gasteiger partial charge on any atom is -0.363 e. The van der Waals surface area contributed by atoms with E-state index < -0.39 is 10.0 Å². The molecule has 1 aromatic carbocycles. The lowest BCUT2D eigenvalue weighted by molar-refractivity contribution is 0.463. The molecular weight excluding hydrogens is 545 g/mol. The zero-order valence-corrected chi connectivity index (χ0v) is 22.0. The summed E-state index contributed by atoms with van der Waals surface area (Å²) in [6.07, 6.45) is 2.14. The van der Waals surface area contributed by atoms with Crippen LogP contribution in [0.4, 0.5) is 5.00 Å². The third-order valence-corrected chi connectivity index (χ3v) is 7.34. The molecule has 2 heterocycles. The number of halogens is 1. The lowest BCUT2D eigenvalue weighted by atomic mass is 10.1. The summed E-state index contributed by atoms with van der Waals surface area (Å²) in [6, 6.07) is 12.3. The van der Waals surface area contributed by atoms with Crippen LogP contribution in [0.5, 0.6) is 0 Å². The molecule has 10 heteroatoms. The van der Waals surface area contributed by atoms with E-state index in [9.17, 15) is 8.42 Å². The van der Waals surface area contributed by atoms with E-state index >= 15 is 0 Å². The SMILES string of the molecule is CCNC(=NCc1cccc(CS(=O)(=O)NC)c1)NC1CCN(c2cccs2)CC1.I. The van der Waals surface area contributed by atoms with E-state index in [1.807, 2.05) is 24.3 Å². The van der Waals surface area contributed by atoms with Crippen LogP contribution in [0.15, 0.2) is 46.8 Å². The van der Waals surface area contributed by atoms with Gasteiger partial charge in [-0.3, -0.25) is 0 Å². The molecular formula is C21H32IN5O2S2. The van der Waals surface area contributed by atoms with Gasteiger partial charge >= 0.3 is 0 Å². The van der Waals surface area contributed by atoms with E-state index in [2.05, 4.69) is 44.7 Å². The highest BCUT2D eigenvalue weighted by Crippen LogP contribution is 2.24. The maximum atomic E-state index is 11.8. The highest BCUT2D eigenvalue weighted by Gasteiger charge is 2.20. The molecule has 0 saturated carbocycles. The molecule has 1 fully saturated rings. The predicted octanol–water partition coefficient (Wildman–Crippen LogP) is 3.14. The van der Waals surface area contributed by atoms with Crippen molar-refractivity contribution in [2.45, 2.75) is 38.1 Å². The molecule has 3 N–H and O–H groups in total. The summed E-state index contributed by atoms with van der Waals surface area (Å²) in [4.78, 5) is 7.16. The molecule has 1 aliphatic rings. The largest absolute Gasteiger partial charge is 0.363 e. The molecule has 1 aromatic heterocycles. The molecule has 2 aromatic rings. The fourth-order valence-corrected chi connectivity index (χ4v) is 5.04. The van der Waals surface area contributed by atoms with Crippen molar-refractivity contribution in [3.63, 3.8) is 0 Å². The second-order valence-electron chi connectivity index (χ2n) is 7.34. The van der Waals surface area contributed by atoms with E-state index in [-0.39, 0.29) is 29.7 Å². The first-order valence-corrected chi connectivity index (χ1v) is 12.8. The van der Waals surface area contributed by atoms with Gasteiger partial charge in [-0.2, -0.15) is 0 Å². The average Bonchev–Trinajstić information content (AvgIpc) is 3.28. The van der Waals surface area contributed by atoms with E-state index in [4.69, 9.17) is 4.99 Å². The molecule has 0 amide bonds. The maximum absolute atomic E-state index is 11.8. The van der Waals surface area contributed by atoms with Crippen molar-refractivity contribution in [2.75, 3.05) is 31.6 Å². The van der Waals surface area contributed by atoms with Crippen LogP contribution in [0.1, 0.15) is 30.9 Å². The van der Waals surface area contributed by atoms with Gasteiger partial charge in [0.05, 0.1) is 17.3 Å². The summed E-state index contributed by atoms with van der Waals surface area (Å²) in [7, 11) is -1.85. The van der Waals surface area contributed by atoms with Crippen LogP contribution in [0.2, 0.25) is 0 Å². The van der Waals surface area contributed by atoms with Crippen LogP contribution in [0.25, 0.3) is 0 Å². The second-order valence-corrected chi connectivity index (χ2v) is 10.2. The van der Waals surface area contributed by atoms with Gasteiger partial charge < -0.3 is 15.5 Å². The lowest BCUT2D eigenvalue weighted by Crippen LogP contribution is -2.48. The number of anilines is 1. The molecule has 0 aliphatic carbocycles.